The van der Waals surface area contributed by atoms with Gasteiger partial charge in [0.05, 0.1) is 12.2 Å². The van der Waals surface area contributed by atoms with Gasteiger partial charge in [0.1, 0.15) is 18.1 Å². The first-order valence-corrected chi connectivity index (χ1v) is 11.2. The van der Waals surface area contributed by atoms with Crippen LogP contribution in [0, 0.1) is 6.92 Å². The van der Waals surface area contributed by atoms with Crippen molar-refractivity contribution in [2.24, 2.45) is 0 Å². The van der Waals surface area contributed by atoms with Crippen LogP contribution in [0.3, 0.4) is 0 Å². The smallest absolute Gasteiger partial charge is 0.274 e. The summed E-state index contributed by atoms with van der Waals surface area (Å²) < 4.78 is 6.94. The zero-order chi connectivity index (χ0) is 21.6. The number of ether oxygens (including phenoxy) is 1. The molecule has 9 heteroatoms. The number of aryl methyl sites for hydroxylation is 1. The van der Waals surface area contributed by atoms with E-state index in [0.717, 1.165) is 36.1 Å². The Morgan fingerprint density at radius 1 is 1.10 bits per heavy atom. The highest BCUT2D eigenvalue weighted by Gasteiger charge is 2.23. The molecule has 0 aliphatic carbocycles. The minimum Gasteiger partial charge on any atom is -0.492 e. The number of carbonyl (C=O) groups excluding carboxylic acids is 1. The topological polar surface area (TPSA) is 80.6 Å². The Balaban J connectivity index is 1.38. The van der Waals surface area contributed by atoms with Gasteiger partial charge in [0.15, 0.2) is 5.13 Å². The molecule has 4 rings (SSSR count). The van der Waals surface area contributed by atoms with Gasteiger partial charge in [-0.1, -0.05) is 18.2 Å². The van der Waals surface area contributed by atoms with Crippen molar-refractivity contribution in [3.8, 4) is 5.75 Å². The molecule has 0 bridgehead atoms. The number of aromatic nitrogens is 3. The molecule has 0 spiro atoms. The third-order valence-electron chi connectivity index (χ3n) is 5.06. The number of para-hydroxylation sites is 1. The fourth-order valence-electron chi connectivity index (χ4n) is 3.45. The minimum absolute atomic E-state index is 0.158. The third kappa shape index (κ3) is 5.29. The predicted octanol–water partition coefficient (Wildman–Crippen LogP) is 2.44. The molecule has 31 heavy (non-hydrogen) atoms. The van der Waals surface area contributed by atoms with Crippen molar-refractivity contribution >= 4 is 22.4 Å². The molecule has 1 aliphatic rings. The van der Waals surface area contributed by atoms with E-state index in [4.69, 9.17) is 4.74 Å². The van der Waals surface area contributed by atoms with Crippen LogP contribution in [0.2, 0.25) is 0 Å². The SMILES string of the molecule is Cc1csc(N2CCCN(C(=O)c3ccc(=O)n(CCOc4ccccc4)n3)CC2)n1. The standard InChI is InChI=1S/C22H25N5O3S/c1-17-16-31-22(23-17)26-11-5-10-25(12-13-26)21(29)19-8-9-20(28)27(24-19)14-15-30-18-6-3-2-4-7-18/h2-4,6-9,16H,5,10-15H2,1H3. The number of hydrogen-bond donors (Lipinski definition) is 0. The van der Waals surface area contributed by atoms with Crippen LogP contribution in [0.4, 0.5) is 5.13 Å². The fraction of sp³-hybridized carbons (Fsp3) is 0.364. The number of amides is 1. The van der Waals surface area contributed by atoms with Gasteiger partial charge >= 0.3 is 0 Å². The maximum absolute atomic E-state index is 13.0. The maximum Gasteiger partial charge on any atom is 0.274 e. The third-order valence-corrected chi connectivity index (χ3v) is 6.08. The second-order valence-corrected chi connectivity index (χ2v) is 8.18. The second kappa shape index (κ2) is 9.74. The van der Waals surface area contributed by atoms with Crippen LogP contribution in [-0.2, 0) is 6.54 Å². The molecule has 0 atom stereocenters. The van der Waals surface area contributed by atoms with Crippen LogP contribution in [-0.4, -0.2) is 58.4 Å². The average molecular weight is 440 g/mol. The highest BCUT2D eigenvalue weighted by molar-refractivity contribution is 7.13. The molecule has 0 unspecified atom stereocenters. The normalized spacial score (nSPS) is 14.4. The van der Waals surface area contributed by atoms with E-state index in [9.17, 15) is 9.59 Å². The molecule has 3 aromatic rings. The second-order valence-electron chi connectivity index (χ2n) is 7.35. The van der Waals surface area contributed by atoms with Crippen molar-refractivity contribution < 1.29 is 9.53 Å². The summed E-state index contributed by atoms with van der Waals surface area (Å²) in [6.07, 6.45) is 0.856. The molecule has 2 aromatic heterocycles. The Hall–Kier alpha value is -3.20. The van der Waals surface area contributed by atoms with E-state index >= 15 is 0 Å². The van der Waals surface area contributed by atoms with Crippen LogP contribution in [0.5, 0.6) is 5.75 Å². The van der Waals surface area contributed by atoms with E-state index in [2.05, 4.69) is 15.0 Å². The molecular formula is C22H25N5O3S. The zero-order valence-electron chi connectivity index (χ0n) is 17.4. The van der Waals surface area contributed by atoms with Crippen molar-refractivity contribution in [1.29, 1.82) is 0 Å². The van der Waals surface area contributed by atoms with Crippen LogP contribution in [0.1, 0.15) is 22.6 Å². The van der Waals surface area contributed by atoms with Gasteiger partial charge in [-0.3, -0.25) is 9.59 Å². The molecule has 1 fully saturated rings. The molecule has 0 N–H and O–H groups in total. The number of hydrogen-bond acceptors (Lipinski definition) is 7. The Kier molecular flexibility index (Phi) is 6.61. The first-order chi connectivity index (χ1) is 15.1. The molecule has 0 saturated carbocycles. The average Bonchev–Trinajstić information content (AvgIpc) is 3.07. The molecule has 1 saturated heterocycles. The van der Waals surface area contributed by atoms with Crippen molar-refractivity contribution in [3.63, 3.8) is 0 Å². The molecule has 1 aromatic carbocycles. The lowest BCUT2D eigenvalue weighted by atomic mass is 10.3. The Morgan fingerprint density at radius 3 is 2.71 bits per heavy atom. The molecule has 1 aliphatic heterocycles. The zero-order valence-corrected chi connectivity index (χ0v) is 18.3. The van der Waals surface area contributed by atoms with E-state index in [-0.39, 0.29) is 23.7 Å². The lowest BCUT2D eigenvalue weighted by molar-refractivity contribution is 0.0757. The monoisotopic (exact) mass is 439 g/mol. The molecule has 162 valence electrons. The van der Waals surface area contributed by atoms with E-state index in [0.29, 0.717) is 19.7 Å². The van der Waals surface area contributed by atoms with Gasteiger partial charge in [0, 0.05) is 37.6 Å². The van der Waals surface area contributed by atoms with E-state index in [1.54, 1.807) is 16.2 Å². The van der Waals surface area contributed by atoms with Gasteiger partial charge in [-0.15, -0.1) is 11.3 Å². The van der Waals surface area contributed by atoms with Crippen molar-refractivity contribution in [2.45, 2.75) is 19.9 Å². The molecule has 8 nitrogen and oxygen atoms in total. The quantitative estimate of drug-likeness (QED) is 0.587. The summed E-state index contributed by atoms with van der Waals surface area (Å²) in [5.74, 6) is 0.572. The number of nitrogens with zero attached hydrogens (tertiary/aromatic N) is 5. The number of anilines is 1. The number of thiazole rings is 1. The Bertz CT molecular complexity index is 1080. The van der Waals surface area contributed by atoms with E-state index < -0.39 is 0 Å². The lowest BCUT2D eigenvalue weighted by Gasteiger charge is -2.21. The summed E-state index contributed by atoms with van der Waals surface area (Å²) in [6.45, 7) is 5.38. The van der Waals surface area contributed by atoms with Gasteiger partial charge in [-0.05, 0) is 31.5 Å². The fourth-order valence-corrected chi connectivity index (χ4v) is 4.31. The Labute approximate surface area is 184 Å². The summed E-state index contributed by atoms with van der Waals surface area (Å²) >= 11 is 1.63. The highest BCUT2D eigenvalue weighted by Crippen LogP contribution is 2.21. The van der Waals surface area contributed by atoms with Crippen LogP contribution < -0.4 is 15.2 Å². The summed E-state index contributed by atoms with van der Waals surface area (Å²) in [6, 6.07) is 12.3. The maximum atomic E-state index is 13.0. The van der Waals surface area contributed by atoms with Gasteiger partial charge < -0.3 is 14.5 Å². The summed E-state index contributed by atoms with van der Waals surface area (Å²) in [5.41, 5.74) is 1.03. The largest absolute Gasteiger partial charge is 0.492 e. The van der Waals surface area contributed by atoms with Gasteiger partial charge in [-0.25, -0.2) is 9.67 Å². The molecule has 0 radical (unpaired) electrons. The van der Waals surface area contributed by atoms with Gasteiger partial charge in [-0.2, -0.15) is 5.10 Å². The predicted molar refractivity (Wildman–Crippen MR) is 120 cm³/mol. The summed E-state index contributed by atoms with van der Waals surface area (Å²) in [4.78, 5) is 33.8. The van der Waals surface area contributed by atoms with Gasteiger partial charge in [0.2, 0.25) is 0 Å². The first-order valence-electron chi connectivity index (χ1n) is 10.3. The highest BCUT2D eigenvalue weighted by atomic mass is 32.1. The number of rotatable bonds is 6. The molecule has 3 heterocycles. The van der Waals surface area contributed by atoms with Crippen molar-refractivity contribution in [1.82, 2.24) is 19.7 Å². The minimum atomic E-state index is -0.255. The van der Waals surface area contributed by atoms with Gasteiger partial charge in [0.25, 0.3) is 11.5 Å². The summed E-state index contributed by atoms with van der Waals surface area (Å²) in [5, 5.41) is 7.34. The summed E-state index contributed by atoms with van der Waals surface area (Å²) in [7, 11) is 0. The van der Waals surface area contributed by atoms with Crippen molar-refractivity contribution in [2.75, 3.05) is 37.7 Å². The van der Waals surface area contributed by atoms with E-state index in [1.165, 1.54) is 16.8 Å². The molecular weight excluding hydrogens is 414 g/mol. The van der Waals surface area contributed by atoms with Crippen LogP contribution >= 0.6 is 11.3 Å². The molecule has 1 amide bonds. The Morgan fingerprint density at radius 2 is 1.94 bits per heavy atom. The number of carbonyl (C=O) groups is 1. The lowest BCUT2D eigenvalue weighted by Crippen LogP contribution is -2.37. The van der Waals surface area contributed by atoms with Crippen molar-refractivity contribution in [3.05, 3.63) is 69.6 Å². The number of benzene rings is 1. The van der Waals surface area contributed by atoms with Crippen LogP contribution in [0.15, 0.2) is 52.6 Å². The van der Waals surface area contributed by atoms with Crippen LogP contribution in [0.25, 0.3) is 0 Å². The van der Waals surface area contributed by atoms with E-state index in [1.807, 2.05) is 42.6 Å². The first kappa shape index (κ1) is 21.0.